The summed E-state index contributed by atoms with van der Waals surface area (Å²) < 4.78 is 0. The van der Waals surface area contributed by atoms with E-state index >= 15 is 0 Å². The molecule has 0 heterocycles. The second-order valence-electron chi connectivity index (χ2n) is 9.23. The van der Waals surface area contributed by atoms with Gasteiger partial charge in [0.05, 0.1) is 5.60 Å². The van der Waals surface area contributed by atoms with E-state index in [1.165, 1.54) is 0 Å². The molecule has 0 aromatic rings. The molecular weight excluding hydrogens is 304 g/mol. The Balaban J connectivity index is 2.66. The Morgan fingerprint density at radius 3 is 2.25 bits per heavy atom. The fourth-order valence-electron chi connectivity index (χ4n) is 6.32. The second-order valence-corrected chi connectivity index (χ2v) is 9.23. The lowest BCUT2D eigenvalue weighted by molar-refractivity contribution is -0.204. The van der Waals surface area contributed by atoms with Gasteiger partial charge in [0.2, 0.25) is 0 Å². The maximum absolute atomic E-state index is 13.2. The first-order valence-corrected chi connectivity index (χ1v) is 9.30. The largest absolute Gasteiger partial charge is 0.390 e. The first-order valence-electron chi connectivity index (χ1n) is 9.30. The van der Waals surface area contributed by atoms with Gasteiger partial charge in [0.25, 0.3) is 0 Å². The Labute approximate surface area is 146 Å². The molecule has 0 bridgehead atoms. The minimum absolute atomic E-state index is 0.0453. The Kier molecular flexibility index (Phi) is 4.82. The third kappa shape index (κ3) is 2.66. The summed E-state index contributed by atoms with van der Waals surface area (Å²) in [6, 6.07) is 0. The van der Waals surface area contributed by atoms with Crippen LogP contribution in [0.5, 0.6) is 0 Å². The monoisotopic (exact) mass is 338 g/mol. The zero-order chi connectivity index (χ0) is 18.7. The molecule has 0 aromatic heterocycles. The van der Waals surface area contributed by atoms with Crippen molar-refractivity contribution in [1.29, 1.82) is 0 Å². The highest BCUT2D eigenvalue weighted by molar-refractivity contribution is 5.95. The molecule has 2 aliphatic carbocycles. The number of carbonyl (C=O) groups excluding carboxylic acids is 2. The lowest BCUT2D eigenvalue weighted by Gasteiger charge is -2.61. The van der Waals surface area contributed by atoms with Gasteiger partial charge in [0, 0.05) is 17.3 Å². The van der Waals surface area contributed by atoms with E-state index in [1.54, 1.807) is 20.8 Å². The van der Waals surface area contributed by atoms with E-state index in [-0.39, 0.29) is 29.3 Å². The highest BCUT2D eigenvalue weighted by Crippen LogP contribution is 2.60. The van der Waals surface area contributed by atoms with E-state index in [2.05, 4.69) is 0 Å². The van der Waals surface area contributed by atoms with Crippen LogP contribution in [0.3, 0.4) is 0 Å². The minimum atomic E-state index is -1.54. The Bertz CT molecular complexity index is 536. The Morgan fingerprint density at radius 2 is 1.79 bits per heavy atom. The number of hydrogen-bond acceptors (Lipinski definition) is 4. The molecule has 24 heavy (non-hydrogen) atoms. The molecule has 2 saturated carbocycles. The quantitative estimate of drug-likeness (QED) is 0.829. The number of Topliss-reactive ketones (excluding diaryl/α,β-unsaturated/α-hetero) is 2. The number of rotatable bonds is 3. The number of hydrogen-bond donors (Lipinski definition) is 2. The predicted molar refractivity (Wildman–Crippen MR) is 93.4 cm³/mol. The number of aliphatic hydroxyl groups is 2. The van der Waals surface area contributed by atoms with Crippen LogP contribution in [-0.4, -0.2) is 33.0 Å². The summed E-state index contributed by atoms with van der Waals surface area (Å²) in [5.74, 6) is -1.01. The molecule has 0 amide bonds. The van der Waals surface area contributed by atoms with Crippen LogP contribution < -0.4 is 0 Å². The Morgan fingerprint density at radius 1 is 1.25 bits per heavy atom. The summed E-state index contributed by atoms with van der Waals surface area (Å²) in [6.07, 6.45) is 1.72. The van der Waals surface area contributed by atoms with Gasteiger partial charge in [0.1, 0.15) is 11.4 Å². The van der Waals surface area contributed by atoms with Gasteiger partial charge in [-0.2, -0.15) is 0 Å². The van der Waals surface area contributed by atoms with Crippen molar-refractivity contribution >= 4 is 11.6 Å². The fourth-order valence-corrected chi connectivity index (χ4v) is 6.32. The lowest BCUT2D eigenvalue weighted by Crippen LogP contribution is -2.68. The molecular formula is C20H34O4. The maximum atomic E-state index is 13.2. The summed E-state index contributed by atoms with van der Waals surface area (Å²) in [5, 5.41) is 21.8. The van der Waals surface area contributed by atoms with Crippen LogP contribution in [0.2, 0.25) is 0 Å². The van der Waals surface area contributed by atoms with Gasteiger partial charge in [-0.1, -0.05) is 34.1 Å². The van der Waals surface area contributed by atoms with Crippen LogP contribution in [0.4, 0.5) is 0 Å². The van der Waals surface area contributed by atoms with Crippen LogP contribution in [0.15, 0.2) is 0 Å². The predicted octanol–water partition coefficient (Wildman–Crippen LogP) is 2.99. The van der Waals surface area contributed by atoms with E-state index in [0.717, 1.165) is 6.42 Å². The highest BCUT2D eigenvalue weighted by atomic mass is 16.3. The molecule has 0 unspecified atom stereocenters. The second kappa shape index (κ2) is 5.91. The van der Waals surface area contributed by atoms with E-state index < -0.39 is 28.5 Å². The molecule has 4 nitrogen and oxygen atoms in total. The van der Waals surface area contributed by atoms with Crippen molar-refractivity contribution in [2.45, 2.75) is 78.9 Å². The van der Waals surface area contributed by atoms with Crippen LogP contribution in [-0.2, 0) is 9.59 Å². The van der Waals surface area contributed by atoms with Crippen molar-refractivity contribution in [2.24, 2.45) is 35.0 Å². The van der Waals surface area contributed by atoms with Gasteiger partial charge in [-0.15, -0.1) is 0 Å². The molecule has 2 aliphatic rings. The molecule has 8 atom stereocenters. The smallest absolute Gasteiger partial charge is 0.167 e. The van der Waals surface area contributed by atoms with Gasteiger partial charge >= 0.3 is 0 Å². The molecule has 0 spiro atoms. The first kappa shape index (κ1) is 19.6. The number of carbonyl (C=O) groups is 2. The van der Waals surface area contributed by atoms with E-state index in [4.69, 9.17) is 0 Å². The fraction of sp³-hybridized carbons (Fsp3) is 0.900. The molecule has 2 fully saturated rings. The van der Waals surface area contributed by atoms with Gasteiger partial charge in [-0.25, -0.2) is 0 Å². The summed E-state index contributed by atoms with van der Waals surface area (Å²) in [7, 11) is 0. The topological polar surface area (TPSA) is 74.6 Å². The summed E-state index contributed by atoms with van der Waals surface area (Å²) in [4.78, 5) is 26.0. The normalized spacial score (nSPS) is 50.3. The van der Waals surface area contributed by atoms with Gasteiger partial charge in [-0.3, -0.25) is 9.59 Å². The molecule has 2 rings (SSSR count). The van der Waals surface area contributed by atoms with Gasteiger partial charge < -0.3 is 10.2 Å². The molecule has 0 saturated heterocycles. The van der Waals surface area contributed by atoms with Crippen LogP contribution in [0, 0.1) is 35.0 Å². The van der Waals surface area contributed by atoms with Crippen LogP contribution in [0.25, 0.3) is 0 Å². The van der Waals surface area contributed by atoms with E-state index in [0.29, 0.717) is 12.8 Å². The average Bonchev–Trinajstić information content (AvgIpc) is 2.42. The number of ketones is 2. The third-order valence-corrected chi connectivity index (χ3v) is 7.22. The maximum Gasteiger partial charge on any atom is 0.167 e. The molecule has 0 aromatic carbocycles. The van der Waals surface area contributed by atoms with Crippen molar-refractivity contribution in [3.63, 3.8) is 0 Å². The minimum Gasteiger partial charge on any atom is -0.390 e. The van der Waals surface area contributed by atoms with E-state index in [9.17, 15) is 19.8 Å². The first-order chi connectivity index (χ1) is 10.8. The summed E-state index contributed by atoms with van der Waals surface area (Å²) in [5.41, 5.74) is -3.22. The molecule has 0 radical (unpaired) electrons. The van der Waals surface area contributed by atoms with Crippen molar-refractivity contribution in [1.82, 2.24) is 0 Å². The van der Waals surface area contributed by atoms with Crippen molar-refractivity contribution in [2.75, 3.05) is 0 Å². The van der Waals surface area contributed by atoms with E-state index in [1.807, 2.05) is 27.7 Å². The standard InChI is InChI=1S/C20H34O4/c1-8-11(2)16-19(6,13(4)21)15-12(3)9-18(5,23)10-14(15)17(22)20(16,7)24/h11-12,14-16,23-24H,8-10H2,1-7H3/t11-,12-,14+,15-,16-,18-,19-,20+/m1/s1. The van der Waals surface area contributed by atoms with Gasteiger partial charge in [0.15, 0.2) is 5.78 Å². The zero-order valence-electron chi connectivity index (χ0n) is 16.2. The van der Waals surface area contributed by atoms with Crippen molar-refractivity contribution < 1.29 is 19.8 Å². The summed E-state index contributed by atoms with van der Waals surface area (Å²) >= 11 is 0. The average molecular weight is 338 g/mol. The van der Waals surface area contributed by atoms with Gasteiger partial charge in [-0.05, 0) is 51.4 Å². The Hall–Kier alpha value is -0.740. The van der Waals surface area contributed by atoms with Crippen molar-refractivity contribution in [3.8, 4) is 0 Å². The zero-order valence-corrected chi connectivity index (χ0v) is 16.2. The third-order valence-electron chi connectivity index (χ3n) is 7.22. The highest BCUT2D eigenvalue weighted by Gasteiger charge is 2.67. The molecule has 4 heteroatoms. The van der Waals surface area contributed by atoms with Crippen LogP contribution in [0.1, 0.15) is 67.7 Å². The van der Waals surface area contributed by atoms with Crippen LogP contribution >= 0.6 is 0 Å². The summed E-state index contributed by atoms with van der Waals surface area (Å²) in [6.45, 7) is 13.0. The molecule has 0 aliphatic heterocycles. The van der Waals surface area contributed by atoms with Crippen molar-refractivity contribution in [3.05, 3.63) is 0 Å². The molecule has 138 valence electrons. The molecule has 2 N–H and O–H groups in total. The number of fused-ring (bicyclic) bond motifs is 1. The SMILES string of the molecule is CC[C@@H](C)[C@@H]1[C@](C)(C(C)=O)[C@@H]2[C@H](C)C[C@@](C)(O)C[C@@H]2C(=O)[C@@]1(C)O. The lowest BCUT2D eigenvalue weighted by atomic mass is 9.43.